The van der Waals surface area contributed by atoms with Crippen LogP contribution < -0.4 is 0 Å². The highest BCUT2D eigenvalue weighted by molar-refractivity contribution is 5.76. The maximum absolute atomic E-state index is 12.4. The highest BCUT2D eigenvalue weighted by Crippen LogP contribution is 2.24. The Balaban J connectivity index is 1.92. The van der Waals surface area contributed by atoms with Crippen molar-refractivity contribution in [3.63, 3.8) is 0 Å². The number of likely N-dealkylation sites (tertiary alicyclic amines) is 1. The highest BCUT2D eigenvalue weighted by Gasteiger charge is 2.30. The molecule has 1 aliphatic heterocycles. The second-order valence-electron chi connectivity index (χ2n) is 6.03. The van der Waals surface area contributed by atoms with Crippen LogP contribution in [0.25, 0.3) is 0 Å². The summed E-state index contributed by atoms with van der Waals surface area (Å²) in [6, 6.07) is 0.192. The lowest BCUT2D eigenvalue weighted by Gasteiger charge is -2.36. The lowest BCUT2D eigenvalue weighted by molar-refractivity contribution is -0.135. The van der Waals surface area contributed by atoms with E-state index >= 15 is 0 Å². The first-order chi connectivity index (χ1) is 9.52. The van der Waals surface area contributed by atoms with Crippen molar-refractivity contribution in [2.45, 2.75) is 57.6 Å². The van der Waals surface area contributed by atoms with Gasteiger partial charge in [0.15, 0.2) is 0 Å². The third-order valence-electron chi connectivity index (χ3n) is 4.17. The Morgan fingerprint density at radius 2 is 2.15 bits per heavy atom. The number of imidazole rings is 1. The highest BCUT2D eigenvalue weighted by atomic mass is 16.3. The van der Waals surface area contributed by atoms with E-state index < -0.39 is 5.60 Å². The van der Waals surface area contributed by atoms with Crippen molar-refractivity contribution in [1.82, 2.24) is 14.5 Å². The fraction of sp³-hybridized carbons (Fsp3) is 0.733. The van der Waals surface area contributed by atoms with Crippen LogP contribution in [0.1, 0.15) is 52.0 Å². The first kappa shape index (κ1) is 15.0. The maximum Gasteiger partial charge on any atom is 0.224 e. The van der Waals surface area contributed by atoms with Gasteiger partial charge >= 0.3 is 0 Å². The third-order valence-corrected chi connectivity index (χ3v) is 4.17. The molecule has 5 heteroatoms. The van der Waals surface area contributed by atoms with Gasteiger partial charge in [-0.15, -0.1) is 0 Å². The first-order valence-electron chi connectivity index (χ1n) is 7.49. The number of rotatable bonds is 5. The zero-order valence-corrected chi connectivity index (χ0v) is 12.5. The van der Waals surface area contributed by atoms with Crippen LogP contribution in [0.15, 0.2) is 18.7 Å². The fourth-order valence-corrected chi connectivity index (χ4v) is 2.74. The molecule has 1 aliphatic rings. The number of hydrogen-bond acceptors (Lipinski definition) is 3. The summed E-state index contributed by atoms with van der Waals surface area (Å²) in [6.45, 7) is 5.30. The van der Waals surface area contributed by atoms with Gasteiger partial charge in [0.25, 0.3) is 0 Å². The summed E-state index contributed by atoms with van der Waals surface area (Å²) in [6.07, 6.45) is 9.35. The zero-order valence-electron chi connectivity index (χ0n) is 12.5. The van der Waals surface area contributed by atoms with E-state index in [2.05, 4.69) is 11.9 Å². The van der Waals surface area contributed by atoms with Crippen LogP contribution in [-0.4, -0.2) is 44.2 Å². The number of carbonyl (C=O) groups is 1. The molecular formula is C15H25N3O2. The lowest BCUT2D eigenvalue weighted by atomic mass is 9.93. The van der Waals surface area contributed by atoms with Gasteiger partial charge in [0.1, 0.15) is 0 Å². The Labute approximate surface area is 120 Å². The van der Waals surface area contributed by atoms with Crippen LogP contribution >= 0.6 is 0 Å². The van der Waals surface area contributed by atoms with Gasteiger partial charge in [-0.2, -0.15) is 0 Å². The largest absolute Gasteiger partial charge is 0.390 e. The van der Waals surface area contributed by atoms with Crippen LogP contribution in [0.5, 0.6) is 0 Å². The molecule has 1 saturated heterocycles. The average molecular weight is 279 g/mol. The summed E-state index contributed by atoms with van der Waals surface area (Å²) in [7, 11) is 0. The molecule has 2 heterocycles. The molecule has 0 saturated carbocycles. The molecule has 5 nitrogen and oxygen atoms in total. The summed E-state index contributed by atoms with van der Waals surface area (Å²) in [5.41, 5.74) is -0.607. The summed E-state index contributed by atoms with van der Waals surface area (Å²) in [4.78, 5) is 18.4. The van der Waals surface area contributed by atoms with Gasteiger partial charge in [0, 0.05) is 37.9 Å². The van der Waals surface area contributed by atoms with Crippen LogP contribution in [0, 0.1) is 0 Å². The normalized spacial score (nSPS) is 19.9. The van der Waals surface area contributed by atoms with E-state index in [1.165, 1.54) is 0 Å². The Morgan fingerprint density at radius 1 is 1.45 bits per heavy atom. The smallest absolute Gasteiger partial charge is 0.224 e. The Morgan fingerprint density at radius 3 is 2.70 bits per heavy atom. The quantitative estimate of drug-likeness (QED) is 0.896. The Hall–Kier alpha value is -1.36. The molecule has 0 radical (unpaired) electrons. The van der Waals surface area contributed by atoms with Crippen molar-refractivity contribution in [1.29, 1.82) is 0 Å². The zero-order chi connectivity index (χ0) is 14.6. The maximum atomic E-state index is 12.4. The van der Waals surface area contributed by atoms with E-state index in [-0.39, 0.29) is 11.9 Å². The molecule has 1 unspecified atom stereocenters. The summed E-state index contributed by atoms with van der Waals surface area (Å²) in [5.74, 6) is 0.188. The molecule has 0 aliphatic carbocycles. The van der Waals surface area contributed by atoms with Crippen molar-refractivity contribution in [3.8, 4) is 0 Å². The predicted molar refractivity (Wildman–Crippen MR) is 77.2 cm³/mol. The van der Waals surface area contributed by atoms with Crippen LogP contribution in [0.4, 0.5) is 0 Å². The molecular weight excluding hydrogens is 254 g/mol. The van der Waals surface area contributed by atoms with Crippen molar-refractivity contribution in [2.75, 3.05) is 13.1 Å². The van der Waals surface area contributed by atoms with Gasteiger partial charge in [-0.05, 0) is 26.2 Å². The van der Waals surface area contributed by atoms with Crippen LogP contribution in [-0.2, 0) is 4.79 Å². The monoisotopic (exact) mass is 279 g/mol. The molecule has 0 bridgehead atoms. The standard InChI is InChI=1S/C15H25N3O2/c1-3-4-13(18-10-7-16-12-18)11-14(19)17-8-5-15(2,20)6-9-17/h7,10,12-13,20H,3-6,8-9,11H2,1-2H3. The number of hydrogen-bond donors (Lipinski definition) is 1. The van der Waals surface area contributed by atoms with Crippen molar-refractivity contribution in [2.24, 2.45) is 0 Å². The Bertz CT molecular complexity index is 418. The number of piperidine rings is 1. The van der Waals surface area contributed by atoms with Gasteiger partial charge in [-0.3, -0.25) is 4.79 Å². The molecule has 1 aromatic heterocycles. The topological polar surface area (TPSA) is 58.4 Å². The molecule has 1 aromatic rings. The lowest BCUT2D eigenvalue weighted by Crippen LogP contribution is -2.45. The van der Waals surface area contributed by atoms with Crippen molar-refractivity contribution in [3.05, 3.63) is 18.7 Å². The number of nitrogens with zero attached hydrogens (tertiary/aromatic N) is 3. The van der Waals surface area contributed by atoms with E-state index in [4.69, 9.17) is 0 Å². The molecule has 0 spiro atoms. The van der Waals surface area contributed by atoms with E-state index in [9.17, 15) is 9.90 Å². The number of aliphatic hydroxyl groups is 1. The SMILES string of the molecule is CCCC(CC(=O)N1CCC(C)(O)CC1)n1ccnc1. The first-order valence-corrected chi connectivity index (χ1v) is 7.49. The third kappa shape index (κ3) is 3.82. The predicted octanol–water partition coefficient (Wildman–Crippen LogP) is 1.99. The van der Waals surface area contributed by atoms with Crippen LogP contribution in [0.2, 0.25) is 0 Å². The van der Waals surface area contributed by atoms with E-state index in [0.29, 0.717) is 32.4 Å². The van der Waals surface area contributed by atoms with Gasteiger partial charge in [-0.1, -0.05) is 13.3 Å². The molecule has 1 atom stereocenters. The summed E-state index contributed by atoms with van der Waals surface area (Å²) < 4.78 is 2.03. The minimum absolute atomic E-state index is 0.188. The molecule has 1 N–H and O–H groups in total. The fourth-order valence-electron chi connectivity index (χ4n) is 2.74. The van der Waals surface area contributed by atoms with E-state index in [1.807, 2.05) is 22.6 Å². The van der Waals surface area contributed by atoms with Gasteiger partial charge < -0.3 is 14.6 Å². The van der Waals surface area contributed by atoms with Gasteiger partial charge in [-0.25, -0.2) is 4.98 Å². The summed E-state index contributed by atoms with van der Waals surface area (Å²) in [5, 5.41) is 9.94. The van der Waals surface area contributed by atoms with E-state index in [0.717, 1.165) is 12.8 Å². The molecule has 0 aromatic carbocycles. The van der Waals surface area contributed by atoms with Gasteiger partial charge in [0.2, 0.25) is 5.91 Å². The molecule has 2 rings (SSSR count). The minimum atomic E-state index is -0.607. The minimum Gasteiger partial charge on any atom is -0.390 e. The second-order valence-corrected chi connectivity index (χ2v) is 6.03. The van der Waals surface area contributed by atoms with E-state index in [1.54, 1.807) is 12.5 Å². The van der Waals surface area contributed by atoms with Crippen LogP contribution in [0.3, 0.4) is 0 Å². The number of amides is 1. The average Bonchev–Trinajstić information content (AvgIpc) is 2.91. The molecule has 1 amide bonds. The molecule has 1 fully saturated rings. The number of aromatic nitrogens is 2. The van der Waals surface area contributed by atoms with Crippen molar-refractivity contribution >= 4 is 5.91 Å². The van der Waals surface area contributed by atoms with Gasteiger partial charge in [0.05, 0.1) is 11.9 Å². The second kappa shape index (κ2) is 6.39. The molecule has 112 valence electrons. The number of carbonyl (C=O) groups excluding carboxylic acids is 1. The summed E-state index contributed by atoms with van der Waals surface area (Å²) >= 11 is 0. The molecule has 20 heavy (non-hydrogen) atoms. The van der Waals surface area contributed by atoms with Crippen molar-refractivity contribution < 1.29 is 9.90 Å². The Kier molecular flexibility index (Phi) is 4.81.